The van der Waals surface area contributed by atoms with Crippen LogP contribution in [0.4, 0.5) is 11.4 Å². The van der Waals surface area contributed by atoms with Gasteiger partial charge in [0.25, 0.3) is 10.0 Å². The highest BCUT2D eigenvalue weighted by Gasteiger charge is 2.38. The first kappa shape index (κ1) is 25.2. The molecule has 0 radical (unpaired) electrons. The molecule has 192 valence electrons. The standard InChI is InChI=1S/C27H20N2O7S2/c1-16-11-13-18(14-12-16)37(32,33)29-21-15-22(38(34,35)36-17-7-3-2-4-8-17)25(28)24-23(21)26(30)19-9-5-6-10-20(19)27(24)31/h2-15,29H,28H2,1H3. The summed E-state index contributed by atoms with van der Waals surface area (Å²) in [5, 5.41) is 0. The minimum Gasteiger partial charge on any atom is -0.397 e. The van der Waals surface area contributed by atoms with E-state index in [1.807, 2.05) is 0 Å². The van der Waals surface area contributed by atoms with Gasteiger partial charge in [-0.25, -0.2) is 8.42 Å². The average molecular weight is 549 g/mol. The van der Waals surface area contributed by atoms with Gasteiger partial charge in [-0.2, -0.15) is 8.42 Å². The molecule has 0 bridgehead atoms. The fraction of sp³-hybridized carbons (Fsp3) is 0.0370. The van der Waals surface area contributed by atoms with Crippen molar-refractivity contribution in [3.8, 4) is 5.75 Å². The highest BCUT2D eigenvalue weighted by atomic mass is 32.2. The molecule has 0 amide bonds. The van der Waals surface area contributed by atoms with Crippen LogP contribution in [0.15, 0.2) is 94.7 Å². The maximum absolute atomic E-state index is 13.5. The Balaban J connectivity index is 1.74. The fourth-order valence-corrected chi connectivity index (χ4v) is 6.30. The van der Waals surface area contributed by atoms with E-state index in [4.69, 9.17) is 9.92 Å². The lowest BCUT2D eigenvalue weighted by Gasteiger charge is -2.24. The molecule has 0 heterocycles. The first-order chi connectivity index (χ1) is 18.0. The van der Waals surface area contributed by atoms with E-state index in [-0.39, 0.29) is 27.3 Å². The molecule has 0 saturated heterocycles. The predicted octanol–water partition coefficient (Wildman–Crippen LogP) is 3.92. The number of sulfonamides is 1. The van der Waals surface area contributed by atoms with Gasteiger partial charge in [-0.05, 0) is 37.3 Å². The van der Waals surface area contributed by atoms with Gasteiger partial charge in [0.1, 0.15) is 10.6 Å². The predicted molar refractivity (Wildman–Crippen MR) is 140 cm³/mol. The summed E-state index contributed by atoms with van der Waals surface area (Å²) in [4.78, 5) is 26.2. The van der Waals surface area contributed by atoms with E-state index in [0.29, 0.717) is 0 Å². The Kier molecular flexibility index (Phi) is 6.04. The van der Waals surface area contributed by atoms with Crippen molar-refractivity contribution in [2.45, 2.75) is 16.7 Å². The number of anilines is 2. The van der Waals surface area contributed by atoms with Crippen LogP contribution in [0.2, 0.25) is 0 Å². The second-order valence-electron chi connectivity index (χ2n) is 8.56. The number of para-hydroxylation sites is 1. The summed E-state index contributed by atoms with van der Waals surface area (Å²) >= 11 is 0. The zero-order chi connectivity index (χ0) is 27.2. The normalized spacial score (nSPS) is 13.0. The molecule has 4 aromatic carbocycles. The Labute approximate surface area is 219 Å². The van der Waals surface area contributed by atoms with Crippen molar-refractivity contribution in [3.05, 3.63) is 113 Å². The van der Waals surface area contributed by atoms with Crippen LogP contribution in [-0.2, 0) is 20.1 Å². The molecule has 0 saturated carbocycles. The maximum Gasteiger partial charge on any atom is 0.341 e. The number of fused-ring (bicyclic) bond motifs is 2. The molecule has 0 atom stereocenters. The molecular weight excluding hydrogens is 528 g/mol. The van der Waals surface area contributed by atoms with Crippen molar-refractivity contribution in [1.82, 2.24) is 0 Å². The van der Waals surface area contributed by atoms with Crippen LogP contribution >= 0.6 is 0 Å². The summed E-state index contributed by atoms with van der Waals surface area (Å²) < 4.78 is 60.6. The molecular formula is C27H20N2O7S2. The van der Waals surface area contributed by atoms with E-state index < -0.39 is 53.5 Å². The molecule has 1 aliphatic carbocycles. The molecule has 11 heteroatoms. The van der Waals surface area contributed by atoms with Crippen LogP contribution in [-0.4, -0.2) is 28.4 Å². The maximum atomic E-state index is 13.5. The second kappa shape index (κ2) is 9.12. The van der Waals surface area contributed by atoms with Crippen molar-refractivity contribution < 1.29 is 30.6 Å². The van der Waals surface area contributed by atoms with Crippen molar-refractivity contribution in [2.24, 2.45) is 0 Å². The molecule has 0 spiro atoms. The first-order valence-electron chi connectivity index (χ1n) is 11.2. The Morgan fingerprint density at radius 3 is 1.89 bits per heavy atom. The van der Waals surface area contributed by atoms with E-state index in [1.54, 1.807) is 49.4 Å². The minimum absolute atomic E-state index is 0.0163. The third-order valence-electron chi connectivity index (χ3n) is 5.99. The molecule has 38 heavy (non-hydrogen) atoms. The van der Waals surface area contributed by atoms with Crippen molar-refractivity contribution in [2.75, 3.05) is 10.5 Å². The van der Waals surface area contributed by atoms with Crippen molar-refractivity contribution in [3.63, 3.8) is 0 Å². The quantitative estimate of drug-likeness (QED) is 0.239. The smallest absolute Gasteiger partial charge is 0.341 e. The Hall–Kier alpha value is -4.48. The first-order valence-corrected chi connectivity index (χ1v) is 14.1. The van der Waals surface area contributed by atoms with Gasteiger partial charge in [-0.3, -0.25) is 14.3 Å². The van der Waals surface area contributed by atoms with Gasteiger partial charge in [0.15, 0.2) is 11.6 Å². The lowest BCUT2D eigenvalue weighted by Crippen LogP contribution is -2.27. The fourth-order valence-electron chi connectivity index (χ4n) is 4.15. The summed E-state index contributed by atoms with van der Waals surface area (Å²) in [7, 11) is -8.97. The lowest BCUT2D eigenvalue weighted by molar-refractivity contribution is 0.0980. The van der Waals surface area contributed by atoms with Crippen LogP contribution in [0.25, 0.3) is 0 Å². The van der Waals surface area contributed by atoms with Crippen molar-refractivity contribution in [1.29, 1.82) is 0 Å². The summed E-state index contributed by atoms with van der Waals surface area (Å²) in [5.74, 6) is -1.43. The zero-order valence-corrected chi connectivity index (χ0v) is 21.5. The second-order valence-corrected chi connectivity index (χ2v) is 11.8. The molecule has 9 nitrogen and oxygen atoms in total. The lowest BCUT2D eigenvalue weighted by atomic mass is 9.82. The number of carbonyl (C=O) groups excluding carboxylic acids is 2. The molecule has 0 aliphatic heterocycles. The van der Waals surface area contributed by atoms with Crippen LogP contribution in [0.5, 0.6) is 5.75 Å². The van der Waals surface area contributed by atoms with E-state index in [9.17, 15) is 26.4 Å². The van der Waals surface area contributed by atoms with E-state index in [1.165, 1.54) is 36.4 Å². The number of nitrogens with one attached hydrogen (secondary N) is 1. The number of nitrogens with two attached hydrogens (primary N) is 1. The molecule has 3 N–H and O–H groups in total. The van der Waals surface area contributed by atoms with Crippen molar-refractivity contribution >= 4 is 43.1 Å². The number of benzene rings is 4. The topological polar surface area (TPSA) is 150 Å². The molecule has 0 unspecified atom stereocenters. The third-order valence-corrected chi connectivity index (χ3v) is 8.66. The molecule has 4 aromatic rings. The molecule has 0 aromatic heterocycles. The van der Waals surface area contributed by atoms with E-state index in [2.05, 4.69) is 4.72 Å². The Morgan fingerprint density at radius 1 is 0.737 bits per heavy atom. The SMILES string of the molecule is Cc1ccc(S(=O)(=O)Nc2cc(S(=O)(=O)Oc3ccccc3)c(N)c3c2C(=O)c2ccccc2C3=O)cc1. The summed E-state index contributed by atoms with van der Waals surface area (Å²) in [6, 6.07) is 20.3. The van der Waals surface area contributed by atoms with Crippen LogP contribution in [0.1, 0.15) is 37.4 Å². The monoisotopic (exact) mass is 548 g/mol. The highest BCUT2D eigenvalue weighted by Crippen LogP contribution is 2.40. The van der Waals surface area contributed by atoms with Gasteiger partial charge < -0.3 is 9.92 Å². The molecule has 1 aliphatic rings. The summed E-state index contributed by atoms with van der Waals surface area (Å²) in [5.41, 5.74) is 5.36. The number of hydrogen-bond acceptors (Lipinski definition) is 8. The molecule has 5 rings (SSSR count). The largest absolute Gasteiger partial charge is 0.397 e. The minimum atomic E-state index is -4.67. The van der Waals surface area contributed by atoms with E-state index >= 15 is 0 Å². The van der Waals surface area contributed by atoms with Gasteiger partial charge in [-0.15, -0.1) is 0 Å². The number of hydrogen-bond donors (Lipinski definition) is 2. The average Bonchev–Trinajstić information content (AvgIpc) is 2.88. The van der Waals surface area contributed by atoms with E-state index in [0.717, 1.165) is 11.6 Å². The van der Waals surface area contributed by atoms with Crippen LogP contribution < -0.4 is 14.6 Å². The number of rotatable bonds is 6. The number of ketones is 2. The van der Waals surface area contributed by atoms with Gasteiger partial charge in [0.2, 0.25) is 0 Å². The summed E-state index contributed by atoms with van der Waals surface area (Å²) in [6.45, 7) is 1.78. The van der Waals surface area contributed by atoms with Gasteiger partial charge in [-0.1, -0.05) is 60.2 Å². The van der Waals surface area contributed by atoms with Gasteiger partial charge >= 0.3 is 10.1 Å². The van der Waals surface area contributed by atoms with Gasteiger partial charge in [0, 0.05) is 11.1 Å². The number of nitrogen functional groups attached to an aromatic ring is 1. The number of aryl methyl sites for hydroxylation is 1. The Morgan fingerprint density at radius 2 is 1.29 bits per heavy atom. The highest BCUT2D eigenvalue weighted by molar-refractivity contribution is 7.92. The van der Waals surface area contributed by atoms with Crippen LogP contribution in [0, 0.1) is 6.92 Å². The zero-order valence-electron chi connectivity index (χ0n) is 19.8. The van der Waals surface area contributed by atoms with Gasteiger partial charge in [0.05, 0.1) is 27.4 Å². The molecule has 0 fully saturated rings. The Bertz CT molecular complexity index is 1830. The number of carbonyl (C=O) groups is 2. The summed E-state index contributed by atoms with van der Waals surface area (Å²) in [6.07, 6.45) is 0. The van der Waals surface area contributed by atoms with Crippen LogP contribution in [0.3, 0.4) is 0 Å². The third kappa shape index (κ3) is 4.31.